The lowest BCUT2D eigenvalue weighted by Crippen LogP contribution is -2.35. The minimum absolute atomic E-state index is 0.408. The molecule has 1 aliphatic heterocycles. The van der Waals surface area contributed by atoms with Crippen LogP contribution in [-0.2, 0) is 0 Å². The molecule has 1 unspecified atom stereocenters. The van der Waals surface area contributed by atoms with Crippen LogP contribution in [0.3, 0.4) is 0 Å². The number of aliphatic imine (C=N–C) groups is 1. The van der Waals surface area contributed by atoms with Crippen LogP contribution >= 0.6 is 0 Å². The third kappa shape index (κ3) is 1.04. The fourth-order valence-electron chi connectivity index (χ4n) is 0.474. The Bertz CT molecular complexity index is 132. The van der Waals surface area contributed by atoms with E-state index in [0.717, 1.165) is 0 Å². The standard InChI is InChI=1S/C4H6N2O2/c7-3-1-2-5-4(8)6-3/h2-3,7H,1H2,(H,6,8). The molecule has 0 saturated carbocycles. The Morgan fingerprint density at radius 3 is 3.12 bits per heavy atom. The van der Waals surface area contributed by atoms with Crippen LogP contribution in [0.1, 0.15) is 6.42 Å². The van der Waals surface area contributed by atoms with Gasteiger partial charge in [0.15, 0.2) is 0 Å². The van der Waals surface area contributed by atoms with Crippen LogP contribution < -0.4 is 5.32 Å². The van der Waals surface area contributed by atoms with Crippen LogP contribution in [0, 0.1) is 0 Å². The Labute approximate surface area is 46.2 Å². The van der Waals surface area contributed by atoms with Crippen molar-refractivity contribution >= 4 is 12.2 Å². The fraction of sp³-hybridized carbons (Fsp3) is 0.500. The van der Waals surface area contributed by atoms with E-state index in [1.54, 1.807) is 0 Å². The minimum atomic E-state index is -0.736. The van der Waals surface area contributed by atoms with Crippen LogP contribution in [0.4, 0.5) is 4.79 Å². The molecule has 0 fully saturated rings. The quantitative estimate of drug-likeness (QED) is 0.445. The van der Waals surface area contributed by atoms with Gasteiger partial charge in [-0.2, -0.15) is 0 Å². The average molecular weight is 114 g/mol. The van der Waals surface area contributed by atoms with E-state index in [-0.39, 0.29) is 0 Å². The summed E-state index contributed by atoms with van der Waals surface area (Å²) < 4.78 is 0. The van der Waals surface area contributed by atoms with Crippen molar-refractivity contribution in [3.8, 4) is 0 Å². The maximum Gasteiger partial charge on any atom is 0.342 e. The number of nitrogens with zero attached hydrogens (tertiary/aromatic N) is 1. The van der Waals surface area contributed by atoms with Crippen molar-refractivity contribution < 1.29 is 9.90 Å². The van der Waals surface area contributed by atoms with Gasteiger partial charge >= 0.3 is 6.03 Å². The Balaban J connectivity index is 2.54. The van der Waals surface area contributed by atoms with E-state index in [4.69, 9.17) is 5.11 Å². The molecule has 4 heteroatoms. The molecule has 1 atom stereocenters. The first kappa shape index (κ1) is 5.24. The Kier molecular flexibility index (Phi) is 1.26. The van der Waals surface area contributed by atoms with Crippen LogP contribution in [0.25, 0.3) is 0 Å². The zero-order valence-electron chi connectivity index (χ0n) is 4.16. The first-order valence-corrected chi connectivity index (χ1v) is 2.30. The lowest BCUT2D eigenvalue weighted by Gasteiger charge is -2.10. The van der Waals surface area contributed by atoms with E-state index in [9.17, 15) is 4.79 Å². The summed E-state index contributed by atoms with van der Waals surface area (Å²) in [5, 5.41) is 10.9. The Morgan fingerprint density at radius 2 is 2.75 bits per heavy atom. The molecule has 0 aromatic rings. The smallest absolute Gasteiger partial charge is 0.342 e. The monoisotopic (exact) mass is 114 g/mol. The predicted molar refractivity (Wildman–Crippen MR) is 27.6 cm³/mol. The second kappa shape index (κ2) is 1.92. The summed E-state index contributed by atoms with van der Waals surface area (Å²) in [5.41, 5.74) is 0. The number of aliphatic hydroxyl groups is 1. The summed E-state index contributed by atoms with van der Waals surface area (Å²) in [7, 11) is 0. The van der Waals surface area contributed by atoms with Crippen LogP contribution in [0.5, 0.6) is 0 Å². The van der Waals surface area contributed by atoms with Crippen molar-refractivity contribution in [3.63, 3.8) is 0 Å². The molecular weight excluding hydrogens is 108 g/mol. The maximum atomic E-state index is 10.2. The van der Waals surface area contributed by atoms with E-state index in [1.807, 2.05) is 0 Å². The van der Waals surface area contributed by atoms with Gasteiger partial charge in [0.25, 0.3) is 0 Å². The van der Waals surface area contributed by atoms with Gasteiger partial charge in [-0.25, -0.2) is 9.79 Å². The molecule has 2 N–H and O–H groups in total. The lowest BCUT2D eigenvalue weighted by atomic mass is 10.4. The van der Waals surface area contributed by atoms with Crippen molar-refractivity contribution in [2.75, 3.05) is 0 Å². The van der Waals surface area contributed by atoms with Gasteiger partial charge in [0, 0.05) is 12.6 Å². The van der Waals surface area contributed by atoms with Gasteiger partial charge in [0.1, 0.15) is 6.23 Å². The predicted octanol–water partition coefficient (Wildman–Crippen LogP) is -0.511. The molecule has 0 aliphatic carbocycles. The lowest BCUT2D eigenvalue weighted by molar-refractivity contribution is 0.147. The highest BCUT2D eigenvalue weighted by molar-refractivity contribution is 5.86. The van der Waals surface area contributed by atoms with Crippen molar-refractivity contribution in [3.05, 3.63) is 0 Å². The largest absolute Gasteiger partial charge is 0.373 e. The number of carbonyl (C=O) groups excluding carboxylic acids is 1. The molecule has 0 aromatic carbocycles. The molecule has 0 saturated heterocycles. The Morgan fingerprint density at radius 1 is 2.00 bits per heavy atom. The Hall–Kier alpha value is -0.900. The summed E-state index contributed by atoms with van der Waals surface area (Å²) in [6.07, 6.45) is 1.06. The van der Waals surface area contributed by atoms with Crippen molar-refractivity contribution in [2.24, 2.45) is 4.99 Å². The zero-order chi connectivity index (χ0) is 5.98. The summed E-state index contributed by atoms with van der Waals surface area (Å²) >= 11 is 0. The summed E-state index contributed by atoms with van der Waals surface area (Å²) in [4.78, 5) is 13.5. The molecule has 0 radical (unpaired) electrons. The highest BCUT2D eigenvalue weighted by atomic mass is 16.3. The number of amides is 2. The number of urea groups is 1. The average Bonchev–Trinajstić information content (AvgIpc) is 1.64. The van der Waals surface area contributed by atoms with Gasteiger partial charge in [-0.15, -0.1) is 0 Å². The first-order valence-electron chi connectivity index (χ1n) is 2.30. The summed E-state index contributed by atoms with van der Waals surface area (Å²) in [5.74, 6) is 0. The van der Waals surface area contributed by atoms with Gasteiger partial charge in [-0.05, 0) is 0 Å². The number of carbonyl (C=O) groups is 1. The molecule has 8 heavy (non-hydrogen) atoms. The zero-order valence-corrected chi connectivity index (χ0v) is 4.16. The third-order valence-electron chi connectivity index (χ3n) is 0.827. The van der Waals surface area contributed by atoms with Crippen LogP contribution in [0.15, 0.2) is 4.99 Å². The SMILES string of the molecule is O=C1N=CCC(O)N1. The minimum Gasteiger partial charge on any atom is -0.373 e. The van der Waals surface area contributed by atoms with E-state index in [2.05, 4.69) is 10.3 Å². The fourth-order valence-corrected chi connectivity index (χ4v) is 0.474. The number of nitrogens with one attached hydrogen (secondary N) is 1. The molecule has 1 rings (SSSR count). The molecule has 0 spiro atoms. The number of rotatable bonds is 0. The van der Waals surface area contributed by atoms with Crippen LogP contribution in [0.2, 0.25) is 0 Å². The molecular formula is C4H6N2O2. The van der Waals surface area contributed by atoms with E-state index in [0.29, 0.717) is 6.42 Å². The van der Waals surface area contributed by atoms with Gasteiger partial charge in [-0.1, -0.05) is 0 Å². The molecule has 4 nitrogen and oxygen atoms in total. The number of hydrogen-bond donors (Lipinski definition) is 2. The molecule has 1 aliphatic rings. The molecule has 0 aromatic heterocycles. The molecule has 1 heterocycles. The van der Waals surface area contributed by atoms with Gasteiger partial charge < -0.3 is 10.4 Å². The summed E-state index contributed by atoms with van der Waals surface area (Å²) in [6.45, 7) is 0. The number of aliphatic hydroxyl groups excluding tert-OH is 1. The second-order valence-corrected chi connectivity index (χ2v) is 1.51. The van der Waals surface area contributed by atoms with Crippen molar-refractivity contribution in [1.29, 1.82) is 0 Å². The number of hydrogen-bond acceptors (Lipinski definition) is 2. The van der Waals surface area contributed by atoms with Crippen molar-refractivity contribution in [2.45, 2.75) is 12.6 Å². The second-order valence-electron chi connectivity index (χ2n) is 1.51. The first-order chi connectivity index (χ1) is 3.79. The van der Waals surface area contributed by atoms with E-state index < -0.39 is 12.3 Å². The van der Waals surface area contributed by atoms with Gasteiger partial charge in [0.05, 0.1) is 0 Å². The maximum absolute atomic E-state index is 10.2. The van der Waals surface area contributed by atoms with Gasteiger partial charge in [0.2, 0.25) is 0 Å². The highest BCUT2D eigenvalue weighted by Gasteiger charge is 2.09. The normalized spacial score (nSPS) is 27.6. The van der Waals surface area contributed by atoms with Crippen LogP contribution in [-0.4, -0.2) is 23.6 Å². The topological polar surface area (TPSA) is 61.7 Å². The highest BCUT2D eigenvalue weighted by Crippen LogP contribution is 1.90. The van der Waals surface area contributed by atoms with E-state index in [1.165, 1.54) is 6.21 Å². The van der Waals surface area contributed by atoms with Crippen molar-refractivity contribution in [1.82, 2.24) is 5.32 Å². The molecule has 0 bridgehead atoms. The molecule has 2 amide bonds. The van der Waals surface area contributed by atoms with Gasteiger partial charge in [-0.3, -0.25) is 0 Å². The third-order valence-corrected chi connectivity index (χ3v) is 0.827. The molecule has 44 valence electrons. The van der Waals surface area contributed by atoms with E-state index >= 15 is 0 Å². The summed E-state index contributed by atoms with van der Waals surface area (Å²) in [6, 6.07) is -0.469.